The van der Waals surface area contributed by atoms with E-state index in [2.05, 4.69) is 28.8 Å². The summed E-state index contributed by atoms with van der Waals surface area (Å²) in [4.78, 5) is 24.8. The van der Waals surface area contributed by atoms with Crippen molar-refractivity contribution < 1.29 is 9.59 Å². The van der Waals surface area contributed by atoms with E-state index in [9.17, 15) is 9.59 Å². The van der Waals surface area contributed by atoms with Gasteiger partial charge < -0.3 is 10.6 Å². The van der Waals surface area contributed by atoms with Crippen LogP contribution in [0.4, 0.5) is 0 Å². The summed E-state index contributed by atoms with van der Waals surface area (Å²) in [5, 5.41) is 5.33. The number of rotatable bonds is 4. The molecular weight excluding hydrogens is 272 g/mol. The van der Waals surface area contributed by atoms with Crippen LogP contribution in [0, 0.1) is 6.92 Å². The first kappa shape index (κ1) is 14.9. The lowest BCUT2D eigenvalue weighted by molar-refractivity contribution is -0.126. The summed E-state index contributed by atoms with van der Waals surface area (Å²) in [6.45, 7) is 5.88. The van der Waals surface area contributed by atoms with Gasteiger partial charge in [-0.2, -0.15) is 0 Å². The summed E-state index contributed by atoms with van der Waals surface area (Å²) < 4.78 is 0. The average Bonchev–Trinajstić information content (AvgIpc) is 2.78. The van der Waals surface area contributed by atoms with E-state index in [1.807, 2.05) is 20.8 Å². The highest BCUT2D eigenvalue weighted by Crippen LogP contribution is 2.37. The molecule has 0 saturated carbocycles. The molecule has 0 unspecified atom stereocenters. The Balaban J connectivity index is 1.85. The highest BCUT2D eigenvalue weighted by Gasteiger charge is 2.28. The SMILES string of the molecule is Cc1ccc2c(c1)S[C@@H](C(=O)NCC(=O)NC(C)C)C2. The lowest BCUT2D eigenvalue weighted by Crippen LogP contribution is -2.42. The second-order valence-electron chi connectivity index (χ2n) is 5.36. The molecule has 0 fully saturated rings. The number of carbonyl (C=O) groups excluding carboxylic acids is 2. The molecule has 0 spiro atoms. The summed E-state index contributed by atoms with van der Waals surface area (Å²) in [5.74, 6) is -0.215. The maximum absolute atomic E-state index is 12.1. The average molecular weight is 292 g/mol. The van der Waals surface area contributed by atoms with E-state index < -0.39 is 0 Å². The Labute approximate surface area is 123 Å². The Morgan fingerprint density at radius 3 is 2.85 bits per heavy atom. The van der Waals surface area contributed by atoms with Gasteiger partial charge in [-0.15, -0.1) is 11.8 Å². The molecule has 0 bridgehead atoms. The zero-order valence-corrected chi connectivity index (χ0v) is 12.8. The van der Waals surface area contributed by atoms with Gasteiger partial charge in [0.25, 0.3) is 0 Å². The fourth-order valence-electron chi connectivity index (χ4n) is 2.14. The van der Waals surface area contributed by atoms with Gasteiger partial charge in [0.15, 0.2) is 0 Å². The lowest BCUT2D eigenvalue weighted by atomic mass is 10.1. The first-order valence-electron chi connectivity index (χ1n) is 6.79. The molecule has 1 aromatic rings. The highest BCUT2D eigenvalue weighted by molar-refractivity contribution is 8.01. The normalized spacial score (nSPS) is 16.9. The van der Waals surface area contributed by atoms with Crippen LogP contribution in [-0.4, -0.2) is 29.7 Å². The van der Waals surface area contributed by atoms with Crippen LogP contribution in [0.2, 0.25) is 0 Å². The second-order valence-corrected chi connectivity index (χ2v) is 6.61. The number of hydrogen-bond donors (Lipinski definition) is 2. The van der Waals surface area contributed by atoms with Crippen LogP contribution in [0.15, 0.2) is 23.1 Å². The number of nitrogens with one attached hydrogen (secondary N) is 2. The first-order chi connectivity index (χ1) is 9.45. The van der Waals surface area contributed by atoms with E-state index in [0.29, 0.717) is 0 Å². The van der Waals surface area contributed by atoms with Crippen molar-refractivity contribution in [1.29, 1.82) is 0 Å². The molecule has 20 heavy (non-hydrogen) atoms. The van der Waals surface area contributed by atoms with Gasteiger partial charge in [-0.05, 0) is 38.8 Å². The van der Waals surface area contributed by atoms with Crippen molar-refractivity contribution in [1.82, 2.24) is 10.6 Å². The van der Waals surface area contributed by atoms with E-state index in [0.717, 1.165) is 6.42 Å². The van der Waals surface area contributed by atoms with Gasteiger partial charge in [0.05, 0.1) is 11.8 Å². The summed E-state index contributed by atoms with van der Waals surface area (Å²) in [5.41, 5.74) is 2.42. The molecule has 2 N–H and O–H groups in total. The quantitative estimate of drug-likeness (QED) is 0.887. The predicted octanol–water partition coefficient (Wildman–Crippen LogP) is 1.65. The van der Waals surface area contributed by atoms with Crippen LogP contribution in [0.25, 0.3) is 0 Å². The van der Waals surface area contributed by atoms with Crippen molar-refractivity contribution in [3.8, 4) is 0 Å². The van der Waals surface area contributed by atoms with Crippen LogP contribution in [0.5, 0.6) is 0 Å². The fourth-order valence-corrected chi connectivity index (χ4v) is 3.45. The molecule has 4 nitrogen and oxygen atoms in total. The molecule has 2 amide bonds. The largest absolute Gasteiger partial charge is 0.352 e. The highest BCUT2D eigenvalue weighted by atomic mass is 32.2. The van der Waals surface area contributed by atoms with Crippen molar-refractivity contribution in [2.24, 2.45) is 0 Å². The van der Waals surface area contributed by atoms with Crippen molar-refractivity contribution in [2.45, 2.75) is 43.4 Å². The van der Waals surface area contributed by atoms with E-state index >= 15 is 0 Å². The molecule has 1 aliphatic heterocycles. The molecule has 2 rings (SSSR count). The Morgan fingerprint density at radius 2 is 2.15 bits per heavy atom. The topological polar surface area (TPSA) is 58.2 Å². The van der Waals surface area contributed by atoms with Gasteiger partial charge in [0.1, 0.15) is 0 Å². The molecule has 1 heterocycles. The molecule has 5 heteroatoms. The zero-order valence-electron chi connectivity index (χ0n) is 12.0. The van der Waals surface area contributed by atoms with Gasteiger partial charge in [-0.3, -0.25) is 9.59 Å². The fraction of sp³-hybridized carbons (Fsp3) is 0.467. The third-order valence-corrected chi connectivity index (χ3v) is 4.36. The number of fused-ring (bicyclic) bond motifs is 1. The number of benzene rings is 1. The van der Waals surface area contributed by atoms with Crippen molar-refractivity contribution in [3.05, 3.63) is 29.3 Å². The summed E-state index contributed by atoms with van der Waals surface area (Å²) in [6.07, 6.45) is 0.734. The Bertz CT molecular complexity index is 529. The van der Waals surface area contributed by atoms with Gasteiger partial charge >= 0.3 is 0 Å². The number of thioether (sulfide) groups is 1. The lowest BCUT2D eigenvalue weighted by Gasteiger charge is -2.11. The molecule has 1 atom stereocenters. The number of amides is 2. The standard InChI is InChI=1S/C15H20N2O2S/c1-9(2)17-14(18)8-16-15(19)13-7-11-5-4-10(3)6-12(11)20-13/h4-6,9,13H,7-8H2,1-3H3,(H,16,19)(H,17,18)/t13-/m1/s1. The van der Waals surface area contributed by atoms with E-state index in [4.69, 9.17) is 0 Å². The Hall–Kier alpha value is -1.49. The number of aryl methyl sites for hydroxylation is 1. The van der Waals surface area contributed by atoms with E-state index in [1.165, 1.54) is 16.0 Å². The first-order valence-corrected chi connectivity index (χ1v) is 7.67. The van der Waals surface area contributed by atoms with Crippen LogP contribution < -0.4 is 10.6 Å². The molecule has 108 valence electrons. The maximum Gasteiger partial charge on any atom is 0.239 e. The van der Waals surface area contributed by atoms with Crippen LogP contribution >= 0.6 is 11.8 Å². The van der Waals surface area contributed by atoms with E-state index in [1.54, 1.807) is 11.8 Å². The van der Waals surface area contributed by atoms with Crippen molar-refractivity contribution in [3.63, 3.8) is 0 Å². The smallest absolute Gasteiger partial charge is 0.239 e. The van der Waals surface area contributed by atoms with E-state index in [-0.39, 0.29) is 29.7 Å². The molecule has 1 aliphatic rings. The minimum atomic E-state index is -0.148. The monoisotopic (exact) mass is 292 g/mol. The summed E-state index contributed by atoms with van der Waals surface area (Å²) in [6, 6.07) is 6.35. The molecule has 0 radical (unpaired) electrons. The Kier molecular flexibility index (Phi) is 4.70. The van der Waals surface area contributed by atoms with Crippen molar-refractivity contribution >= 4 is 23.6 Å². The van der Waals surface area contributed by atoms with Crippen LogP contribution in [0.1, 0.15) is 25.0 Å². The minimum Gasteiger partial charge on any atom is -0.352 e. The van der Waals surface area contributed by atoms with Gasteiger partial charge in [-0.1, -0.05) is 17.7 Å². The Morgan fingerprint density at radius 1 is 1.40 bits per heavy atom. The third kappa shape index (κ3) is 3.76. The third-order valence-electron chi connectivity index (χ3n) is 3.06. The van der Waals surface area contributed by atoms with Crippen LogP contribution in [0.3, 0.4) is 0 Å². The van der Waals surface area contributed by atoms with Crippen molar-refractivity contribution in [2.75, 3.05) is 6.54 Å². The van der Waals surface area contributed by atoms with Gasteiger partial charge in [0, 0.05) is 10.9 Å². The maximum atomic E-state index is 12.1. The summed E-state index contributed by atoms with van der Waals surface area (Å²) >= 11 is 1.58. The number of carbonyl (C=O) groups is 2. The molecule has 0 aromatic heterocycles. The van der Waals surface area contributed by atoms with Crippen LogP contribution in [-0.2, 0) is 16.0 Å². The molecular formula is C15H20N2O2S. The second kappa shape index (κ2) is 6.31. The predicted molar refractivity (Wildman–Crippen MR) is 80.8 cm³/mol. The molecule has 0 saturated heterocycles. The molecule has 1 aromatic carbocycles. The minimum absolute atomic E-state index is 0.0451. The summed E-state index contributed by atoms with van der Waals surface area (Å²) in [7, 11) is 0. The van der Waals surface area contributed by atoms with Gasteiger partial charge in [0.2, 0.25) is 11.8 Å². The number of hydrogen-bond acceptors (Lipinski definition) is 3. The zero-order chi connectivity index (χ0) is 14.7. The molecule has 0 aliphatic carbocycles. The van der Waals surface area contributed by atoms with Gasteiger partial charge in [-0.25, -0.2) is 0 Å².